The predicted octanol–water partition coefficient (Wildman–Crippen LogP) is 3.09. The summed E-state index contributed by atoms with van der Waals surface area (Å²) < 4.78 is 0. The van der Waals surface area contributed by atoms with E-state index in [4.69, 9.17) is 23.2 Å². The largest absolute Gasteiger partial charge is 0.508 e. The number of aromatic hydroxyl groups is 1. The van der Waals surface area contributed by atoms with Crippen molar-refractivity contribution in [1.82, 2.24) is 5.32 Å². The first kappa shape index (κ1) is 16.6. The Bertz CT molecular complexity index is 656. The fourth-order valence-electron chi connectivity index (χ4n) is 1.99. The van der Waals surface area contributed by atoms with Crippen molar-refractivity contribution in [3.8, 4) is 5.75 Å². The maximum Gasteiger partial charge on any atom is 0.224 e. The van der Waals surface area contributed by atoms with Crippen molar-refractivity contribution >= 4 is 29.1 Å². The Hall–Kier alpha value is -1.75. The Morgan fingerprint density at radius 2 is 1.77 bits per heavy atom. The number of carbonyl (C=O) groups is 1. The molecule has 0 heterocycles. The highest BCUT2D eigenvalue weighted by Gasteiger charge is 2.12. The third-order valence-electron chi connectivity index (χ3n) is 3.10. The number of hydrogen-bond acceptors (Lipinski definition) is 3. The fourth-order valence-corrected chi connectivity index (χ4v) is 2.53. The molecule has 1 atom stereocenters. The number of benzene rings is 2. The number of rotatable bonds is 5. The lowest BCUT2D eigenvalue weighted by molar-refractivity contribution is -0.120. The molecule has 4 nitrogen and oxygen atoms in total. The molecule has 2 aromatic carbocycles. The van der Waals surface area contributed by atoms with Crippen LogP contribution in [0.3, 0.4) is 0 Å². The molecule has 0 aliphatic rings. The molecule has 2 rings (SSSR count). The van der Waals surface area contributed by atoms with Crippen LogP contribution < -0.4 is 5.32 Å². The molecule has 3 N–H and O–H groups in total. The number of phenols is 1. The molecule has 116 valence electrons. The summed E-state index contributed by atoms with van der Waals surface area (Å²) in [5.74, 6) is -0.228. The number of halogens is 2. The van der Waals surface area contributed by atoms with E-state index in [1.165, 1.54) is 6.07 Å². The molecule has 0 saturated carbocycles. The van der Waals surface area contributed by atoms with Crippen LogP contribution in [0.15, 0.2) is 42.5 Å². The number of para-hydroxylation sites is 1. The molecule has 0 radical (unpaired) electrons. The Labute approximate surface area is 138 Å². The highest BCUT2D eigenvalue weighted by molar-refractivity contribution is 6.34. The first-order valence-corrected chi connectivity index (χ1v) is 7.39. The number of aliphatic hydroxyl groups excluding tert-OH is 1. The second kappa shape index (κ2) is 7.49. The molecule has 2 aromatic rings. The zero-order chi connectivity index (χ0) is 16.1. The van der Waals surface area contributed by atoms with Crippen LogP contribution in [0.1, 0.15) is 17.2 Å². The van der Waals surface area contributed by atoms with Gasteiger partial charge in [-0.05, 0) is 29.8 Å². The first-order chi connectivity index (χ1) is 10.5. The molecule has 0 saturated heterocycles. The van der Waals surface area contributed by atoms with Gasteiger partial charge in [-0.1, -0.05) is 41.4 Å². The van der Waals surface area contributed by atoms with Gasteiger partial charge in [0, 0.05) is 22.2 Å². The summed E-state index contributed by atoms with van der Waals surface area (Å²) in [4.78, 5) is 11.8. The zero-order valence-electron chi connectivity index (χ0n) is 11.6. The summed E-state index contributed by atoms with van der Waals surface area (Å²) in [5, 5.41) is 23.1. The van der Waals surface area contributed by atoms with Gasteiger partial charge < -0.3 is 15.5 Å². The fraction of sp³-hybridized carbons (Fsp3) is 0.188. The van der Waals surface area contributed by atoms with Gasteiger partial charge in [0.1, 0.15) is 5.75 Å². The van der Waals surface area contributed by atoms with Crippen LogP contribution in [0.25, 0.3) is 0 Å². The number of phenolic OH excluding ortho intramolecular Hbond substituents is 1. The maximum absolute atomic E-state index is 11.8. The third kappa shape index (κ3) is 4.63. The van der Waals surface area contributed by atoms with Gasteiger partial charge >= 0.3 is 0 Å². The number of amides is 1. The summed E-state index contributed by atoms with van der Waals surface area (Å²) in [5.41, 5.74) is 1.06. The second-order valence-electron chi connectivity index (χ2n) is 4.83. The molecule has 22 heavy (non-hydrogen) atoms. The lowest BCUT2D eigenvalue weighted by Crippen LogP contribution is -2.29. The summed E-state index contributed by atoms with van der Waals surface area (Å²) >= 11 is 11.7. The molecule has 0 aliphatic heterocycles. The van der Waals surface area contributed by atoms with Crippen LogP contribution in [0.5, 0.6) is 5.75 Å². The van der Waals surface area contributed by atoms with E-state index in [9.17, 15) is 15.0 Å². The Morgan fingerprint density at radius 1 is 1.14 bits per heavy atom. The number of nitrogens with one attached hydrogen (secondary N) is 1. The normalized spacial score (nSPS) is 12.0. The second-order valence-corrected chi connectivity index (χ2v) is 5.70. The summed E-state index contributed by atoms with van der Waals surface area (Å²) in [6.07, 6.45) is -0.875. The van der Waals surface area contributed by atoms with Crippen molar-refractivity contribution in [2.45, 2.75) is 12.5 Å². The van der Waals surface area contributed by atoms with Crippen LogP contribution in [0, 0.1) is 0 Å². The van der Waals surface area contributed by atoms with Gasteiger partial charge in [0.25, 0.3) is 0 Å². The zero-order valence-corrected chi connectivity index (χ0v) is 13.1. The topological polar surface area (TPSA) is 69.6 Å². The standard InChI is InChI=1S/C16H15Cl2NO3/c17-12-5-11(6-13(18)8-12)15(21)9-19-16(22)7-10-3-1-2-4-14(10)20/h1-6,8,15,20-21H,7,9H2,(H,19,22). The van der Waals surface area contributed by atoms with Gasteiger partial charge in [-0.15, -0.1) is 0 Å². The van der Waals surface area contributed by atoms with Crippen LogP contribution >= 0.6 is 23.2 Å². The van der Waals surface area contributed by atoms with Gasteiger partial charge in [0.15, 0.2) is 0 Å². The van der Waals surface area contributed by atoms with E-state index < -0.39 is 6.10 Å². The van der Waals surface area contributed by atoms with Crippen molar-refractivity contribution in [2.75, 3.05) is 6.54 Å². The predicted molar refractivity (Wildman–Crippen MR) is 86.2 cm³/mol. The van der Waals surface area contributed by atoms with E-state index in [1.54, 1.807) is 36.4 Å². The van der Waals surface area contributed by atoms with Gasteiger partial charge in [0.2, 0.25) is 5.91 Å². The van der Waals surface area contributed by atoms with Gasteiger partial charge in [0.05, 0.1) is 12.5 Å². The molecule has 0 spiro atoms. The minimum absolute atomic E-state index is 0.0309. The Kier molecular flexibility index (Phi) is 5.66. The van der Waals surface area contributed by atoms with Crippen LogP contribution in [-0.2, 0) is 11.2 Å². The first-order valence-electron chi connectivity index (χ1n) is 6.63. The average molecular weight is 340 g/mol. The van der Waals surface area contributed by atoms with Crippen molar-refractivity contribution in [3.63, 3.8) is 0 Å². The van der Waals surface area contributed by atoms with Crippen LogP contribution in [0.2, 0.25) is 10.0 Å². The molecule has 6 heteroatoms. The summed E-state index contributed by atoms with van der Waals surface area (Å²) in [6, 6.07) is 11.4. The van der Waals surface area contributed by atoms with E-state index in [2.05, 4.69) is 5.32 Å². The van der Waals surface area contributed by atoms with Gasteiger partial charge in [-0.25, -0.2) is 0 Å². The molecule has 1 unspecified atom stereocenters. The van der Waals surface area contributed by atoms with Crippen molar-refractivity contribution in [1.29, 1.82) is 0 Å². The molecule has 0 aliphatic carbocycles. The van der Waals surface area contributed by atoms with E-state index >= 15 is 0 Å². The minimum atomic E-state index is -0.912. The molecule has 0 fully saturated rings. The molecular weight excluding hydrogens is 325 g/mol. The molecule has 1 amide bonds. The monoisotopic (exact) mass is 339 g/mol. The van der Waals surface area contributed by atoms with Crippen molar-refractivity contribution < 1.29 is 15.0 Å². The molecule has 0 bridgehead atoms. The van der Waals surface area contributed by atoms with Crippen molar-refractivity contribution in [2.24, 2.45) is 0 Å². The van der Waals surface area contributed by atoms with Crippen LogP contribution in [-0.4, -0.2) is 22.7 Å². The highest BCUT2D eigenvalue weighted by Crippen LogP contribution is 2.23. The third-order valence-corrected chi connectivity index (χ3v) is 3.54. The smallest absolute Gasteiger partial charge is 0.224 e. The minimum Gasteiger partial charge on any atom is -0.508 e. The number of aliphatic hydroxyl groups is 1. The summed E-state index contributed by atoms with van der Waals surface area (Å²) in [7, 11) is 0. The Balaban J connectivity index is 1.92. The highest BCUT2D eigenvalue weighted by atomic mass is 35.5. The van der Waals surface area contributed by atoms with Gasteiger partial charge in [-0.3, -0.25) is 4.79 Å². The SMILES string of the molecule is O=C(Cc1ccccc1O)NCC(O)c1cc(Cl)cc(Cl)c1. The van der Waals surface area contributed by atoms with E-state index in [0.717, 1.165) is 0 Å². The number of hydrogen-bond donors (Lipinski definition) is 3. The Morgan fingerprint density at radius 3 is 2.41 bits per heavy atom. The molecule has 0 aromatic heterocycles. The summed E-state index contributed by atoms with van der Waals surface area (Å²) in [6.45, 7) is 0.0309. The molecular formula is C16H15Cl2NO3. The maximum atomic E-state index is 11.8. The number of carbonyl (C=O) groups excluding carboxylic acids is 1. The van der Waals surface area contributed by atoms with Crippen molar-refractivity contribution in [3.05, 3.63) is 63.6 Å². The van der Waals surface area contributed by atoms with E-state index in [1.807, 2.05) is 0 Å². The van der Waals surface area contributed by atoms with E-state index in [0.29, 0.717) is 21.2 Å². The average Bonchev–Trinajstić information content (AvgIpc) is 2.46. The van der Waals surface area contributed by atoms with E-state index in [-0.39, 0.29) is 24.6 Å². The van der Waals surface area contributed by atoms with Crippen LogP contribution in [0.4, 0.5) is 0 Å². The van der Waals surface area contributed by atoms with Gasteiger partial charge in [-0.2, -0.15) is 0 Å². The quantitative estimate of drug-likeness (QED) is 0.783. The lowest BCUT2D eigenvalue weighted by Gasteiger charge is -2.13. The lowest BCUT2D eigenvalue weighted by atomic mass is 10.1.